The summed E-state index contributed by atoms with van der Waals surface area (Å²) in [4.78, 5) is 4.26. The highest BCUT2D eigenvalue weighted by Gasteiger charge is 2.13. The molecule has 0 unspecified atom stereocenters. The number of hydrogen-bond acceptors (Lipinski definition) is 5. The van der Waals surface area contributed by atoms with Crippen LogP contribution in [0.5, 0.6) is 0 Å². The third-order valence-electron chi connectivity index (χ3n) is 3.28. The van der Waals surface area contributed by atoms with Crippen molar-refractivity contribution in [3.63, 3.8) is 0 Å². The second kappa shape index (κ2) is 5.75. The molecule has 2 aromatic rings. The zero-order valence-corrected chi connectivity index (χ0v) is 10.7. The van der Waals surface area contributed by atoms with Crippen LogP contribution >= 0.6 is 0 Å². The summed E-state index contributed by atoms with van der Waals surface area (Å²) in [5.74, 6) is 0.839. The molecule has 0 spiro atoms. The fourth-order valence-corrected chi connectivity index (χ4v) is 2.24. The van der Waals surface area contributed by atoms with Crippen LogP contribution in [0.3, 0.4) is 0 Å². The van der Waals surface area contributed by atoms with E-state index in [0.29, 0.717) is 6.04 Å². The van der Waals surface area contributed by atoms with Gasteiger partial charge in [-0.2, -0.15) is 0 Å². The van der Waals surface area contributed by atoms with Crippen LogP contribution < -0.4 is 10.6 Å². The van der Waals surface area contributed by atoms with Gasteiger partial charge in [0.15, 0.2) is 0 Å². The van der Waals surface area contributed by atoms with Gasteiger partial charge < -0.3 is 10.6 Å². The first kappa shape index (κ1) is 12.0. The zero-order valence-electron chi connectivity index (χ0n) is 10.7. The van der Waals surface area contributed by atoms with Gasteiger partial charge in [-0.1, -0.05) is 6.07 Å². The molecule has 2 N–H and O–H groups in total. The lowest BCUT2D eigenvalue weighted by atomic mass is 10.1. The maximum atomic E-state index is 4.26. The molecule has 1 aliphatic heterocycles. The predicted octanol–water partition coefficient (Wildman–Crippen LogP) is 1.70. The van der Waals surface area contributed by atoms with Crippen molar-refractivity contribution in [1.82, 2.24) is 20.5 Å². The summed E-state index contributed by atoms with van der Waals surface area (Å²) in [5, 5.41) is 15.2. The number of rotatable bonds is 3. The Labute approximate surface area is 112 Å². The predicted molar refractivity (Wildman–Crippen MR) is 74.8 cm³/mol. The van der Waals surface area contributed by atoms with Crippen molar-refractivity contribution in [2.45, 2.75) is 18.9 Å². The van der Waals surface area contributed by atoms with E-state index in [4.69, 9.17) is 0 Å². The summed E-state index contributed by atoms with van der Waals surface area (Å²) in [5.41, 5.74) is 1.65. The minimum atomic E-state index is 0.497. The first-order valence-electron chi connectivity index (χ1n) is 6.64. The summed E-state index contributed by atoms with van der Waals surface area (Å²) >= 11 is 0. The van der Waals surface area contributed by atoms with Gasteiger partial charge in [0.25, 0.3) is 0 Å². The molecule has 5 heteroatoms. The lowest BCUT2D eigenvalue weighted by molar-refractivity contribution is 0.478. The number of piperidine rings is 1. The summed E-state index contributed by atoms with van der Waals surface area (Å²) in [7, 11) is 0. The van der Waals surface area contributed by atoms with Crippen LogP contribution in [0.15, 0.2) is 36.5 Å². The molecule has 0 atom stereocenters. The highest BCUT2D eigenvalue weighted by Crippen LogP contribution is 2.15. The maximum absolute atomic E-state index is 4.26. The summed E-state index contributed by atoms with van der Waals surface area (Å²) in [6.45, 7) is 2.13. The molecule has 3 heterocycles. The average Bonchev–Trinajstić information content (AvgIpc) is 2.50. The van der Waals surface area contributed by atoms with E-state index in [2.05, 4.69) is 25.8 Å². The quantitative estimate of drug-likeness (QED) is 0.874. The third kappa shape index (κ3) is 3.06. The molecule has 0 amide bonds. The number of pyridine rings is 1. The second-order valence-electron chi connectivity index (χ2n) is 4.69. The van der Waals surface area contributed by atoms with Crippen LogP contribution in [-0.4, -0.2) is 34.3 Å². The van der Waals surface area contributed by atoms with Crippen LogP contribution in [0.2, 0.25) is 0 Å². The highest BCUT2D eigenvalue weighted by atomic mass is 15.2. The van der Waals surface area contributed by atoms with E-state index in [1.807, 2.05) is 30.3 Å². The Morgan fingerprint density at radius 1 is 1.00 bits per heavy atom. The Morgan fingerprint density at radius 2 is 1.89 bits per heavy atom. The van der Waals surface area contributed by atoms with E-state index in [-0.39, 0.29) is 0 Å². The molecule has 0 saturated carbocycles. The fourth-order valence-electron chi connectivity index (χ4n) is 2.24. The molecule has 19 heavy (non-hydrogen) atoms. The topological polar surface area (TPSA) is 62.7 Å². The van der Waals surface area contributed by atoms with E-state index in [9.17, 15) is 0 Å². The van der Waals surface area contributed by atoms with Crippen molar-refractivity contribution in [3.8, 4) is 11.4 Å². The van der Waals surface area contributed by atoms with E-state index in [1.54, 1.807) is 6.20 Å². The first-order valence-corrected chi connectivity index (χ1v) is 6.64. The second-order valence-corrected chi connectivity index (χ2v) is 4.69. The molecule has 0 bridgehead atoms. The van der Waals surface area contributed by atoms with Gasteiger partial charge in [0.05, 0.1) is 5.69 Å². The van der Waals surface area contributed by atoms with Gasteiger partial charge in [0, 0.05) is 12.2 Å². The van der Waals surface area contributed by atoms with E-state index in [0.717, 1.165) is 43.1 Å². The largest absolute Gasteiger partial charge is 0.366 e. The van der Waals surface area contributed by atoms with Crippen molar-refractivity contribution in [2.24, 2.45) is 0 Å². The Balaban J connectivity index is 1.68. The normalized spacial score (nSPS) is 16.2. The first-order chi connectivity index (χ1) is 9.42. The molecule has 98 valence electrons. The molecule has 0 radical (unpaired) electrons. The Kier molecular flexibility index (Phi) is 3.65. The minimum Gasteiger partial charge on any atom is -0.366 e. The van der Waals surface area contributed by atoms with Crippen LogP contribution in [0.1, 0.15) is 12.8 Å². The summed E-state index contributed by atoms with van der Waals surface area (Å²) in [6, 6.07) is 10.2. The maximum Gasteiger partial charge on any atom is 0.148 e. The molecule has 0 aliphatic carbocycles. The van der Waals surface area contributed by atoms with Crippen LogP contribution in [0, 0.1) is 0 Å². The van der Waals surface area contributed by atoms with E-state index < -0.39 is 0 Å². The third-order valence-corrected chi connectivity index (χ3v) is 3.28. The molecule has 1 saturated heterocycles. The SMILES string of the molecule is c1ccc(-c2ccc(NC3CCNCC3)nn2)nc1. The lowest BCUT2D eigenvalue weighted by Gasteiger charge is -2.23. The van der Waals surface area contributed by atoms with Gasteiger partial charge in [-0.15, -0.1) is 10.2 Å². The standard InChI is InChI=1S/C14H17N5/c1-2-8-16-12(3-1)13-4-5-14(19-18-13)17-11-6-9-15-10-7-11/h1-5,8,11,15H,6-7,9-10H2,(H,17,19). The van der Waals surface area contributed by atoms with Gasteiger partial charge >= 0.3 is 0 Å². The molecular weight excluding hydrogens is 238 g/mol. The Hall–Kier alpha value is -2.01. The van der Waals surface area contributed by atoms with Gasteiger partial charge in [0.2, 0.25) is 0 Å². The monoisotopic (exact) mass is 255 g/mol. The van der Waals surface area contributed by atoms with Crippen LogP contribution in [0.4, 0.5) is 5.82 Å². The van der Waals surface area contributed by atoms with Crippen LogP contribution in [-0.2, 0) is 0 Å². The lowest BCUT2D eigenvalue weighted by Crippen LogP contribution is -2.35. The van der Waals surface area contributed by atoms with Gasteiger partial charge in [0.1, 0.15) is 11.5 Å². The smallest absolute Gasteiger partial charge is 0.148 e. The molecule has 1 aliphatic rings. The van der Waals surface area contributed by atoms with Crippen molar-refractivity contribution in [2.75, 3.05) is 18.4 Å². The number of nitrogens with zero attached hydrogens (tertiary/aromatic N) is 3. The zero-order chi connectivity index (χ0) is 12.9. The van der Waals surface area contributed by atoms with Crippen molar-refractivity contribution < 1.29 is 0 Å². The Morgan fingerprint density at radius 3 is 2.58 bits per heavy atom. The number of hydrogen-bond donors (Lipinski definition) is 2. The summed E-state index contributed by atoms with van der Waals surface area (Å²) in [6.07, 6.45) is 4.02. The number of aromatic nitrogens is 3. The molecule has 0 aromatic carbocycles. The average molecular weight is 255 g/mol. The molecule has 2 aromatic heterocycles. The van der Waals surface area contributed by atoms with E-state index in [1.165, 1.54) is 0 Å². The van der Waals surface area contributed by atoms with Gasteiger partial charge in [-0.25, -0.2) is 0 Å². The molecule has 3 rings (SSSR count). The van der Waals surface area contributed by atoms with Gasteiger partial charge in [-0.3, -0.25) is 4.98 Å². The van der Waals surface area contributed by atoms with Crippen molar-refractivity contribution >= 4 is 5.82 Å². The fraction of sp³-hybridized carbons (Fsp3) is 0.357. The highest BCUT2D eigenvalue weighted by molar-refractivity contribution is 5.54. The number of nitrogens with one attached hydrogen (secondary N) is 2. The van der Waals surface area contributed by atoms with Gasteiger partial charge in [-0.05, 0) is 50.2 Å². The van der Waals surface area contributed by atoms with Crippen LogP contribution in [0.25, 0.3) is 11.4 Å². The molecular formula is C14H17N5. The molecule has 5 nitrogen and oxygen atoms in total. The molecule has 1 fully saturated rings. The summed E-state index contributed by atoms with van der Waals surface area (Å²) < 4.78 is 0. The number of anilines is 1. The van der Waals surface area contributed by atoms with Crippen molar-refractivity contribution in [1.29, 1.82) is 0 Å². The Bertz CT molecular complexity index is 505. The van der Waals surface area contributed by atoms with E-state index >= 15 is 0 Å². The minimum absolute atomic E-state index is 0.497. The van der Waals surface area contributed by atoms with Crippen molar-refractivity contribution in [3.05, 3.63) is 36.5 Å².